The van der Waals surface area contributed by atoms with Gasteiger partial charge in [-0.05, 0) is 44.9 Å². The van der Waals surface area contributed by atoms with Crippen LogP contribution in [-0.4, -0.2) is 45.5 Å². The summed E-state index contributed by atoms with van der Waals surface area (Å²) in [6, 6.07) is 5.39. The fourth-order valence-electron chi connectivity index (χ4n) is 2.52. The van der Waals surface area contributed by atoms with E-state index in [1.165, 1.54) is 11.3 Å². The Labute approximate surface area is 198 Å². The molecule has 0 aliphatic carbocycles. The largest absolute Gasteiger partial charge is 0.357 e. The molecule has 0 aliphatic heterocycles. The van der Waals surface area contributed by atoms with Crippen molar-refractivity contribution in [3.63, 3.8) is 0 Å². The zero-order chi connectivity index (χ0) is 20.6. The second-order valence-electron chi connectivity index (χ2n) is 6.10. The van der Waals surface area contributed by atoms with Crippen LogP contribution in [0.25, 0.3) is 0 Å². The number of halogens is 2. The molecule has 0 amide bonds. The Bertz CT molecular complexity index is 901. The van der Waals surface area contributed by atoms with E-state index in [1.807, 2.05) is 26.8 Å². The molecule has 0 radical (unpaired) electrons. The van der Waals surface area contributed by atoms with Crippen LogP contribution in [0.3, 0.4) is 0 Å². The lowest BCUT2D eigenvalue weighted by molar-refractivity contribution is 0.582. The first-order valence-corrected chi connectivity index (χ1v) is 11.7. The van der Waals surface area contributed by atoms with E-state index in [4.69, 9.17) is 11.6 Å². The third-order valence-corrected chi connectivity index (χ3v) is 6.70. The number of aryl methyl sites for hydroxylation is 2. The van der Waals surface area contributed by atoms with Gasteiger partial charge >= 0.3 is 0 Å². The number of pyridine rings is 1. The smallest absolute Gasteiger partial charge is 0.241 e. The van der Waals surface area contributed by atoms with E-state index in [2.05, 4.69) is 25.3 Å². The van der Waals surface area contributed by atoms with Gasteiger partial charge in [-0.25, -0.2) is 18.1 Å². The van der Waals surface area contributed by atoms with E-state index in [1.54, 1.807) is 18.3 Å². The molecule has 2 heterocycles. The van der Waals surface area contributed by atoms with Crippen molar-refractivity contribution >= 4 is 62.9 Å². The molecule has 0 saturated heterocycles. The molecule has 0 aromatic carbocycles. The topological polar surface area (TPSA) is 95.5 Å². The van der Waals surface area contributed by atoms with Crippen LogP contribution in [0, 0.1) is 13.8 Å². The van der Waals surface area contributed by atoms with Gasteiger partial charge < -0.3 is 10.6 Å². The van der Waals surface area contributed by atoms with Crippen LogP contribution in [0.5, 0.6) is 0 Å². The van der Waals surface area contributed by atoms with Crippen LogP contribution in [0.4, 0.5) is 0 Å². The number of thiophene rings is 1. The lowest BCUT2D eigenvalue weighted by Gasteiger charge is -2.11. The summed E-state index contributed by atoms with van der Waals surface area (Å²) in [5, 5.41) is 6.85. The summed E-state index contributed by atoms with van der Waals surface area (Å²) in [7, 11) is -3.50. The molecule has 3 N–H and O–H groups in total. The van der Waals surface area contributed by atoms with Crippen molar-refractivity contribution in [3.05, 3.63) is 44.9 Å². The van der Waals surface area contributed by atoms with Crippen LogP contribution < -0.4 is 15.4 Å². The first-order valence-electron chi connectivity index (χ1n) is 9.01. The van der Waals surface area contributed by atoms with Crippen LogP contribution in [-0.2, 0) is 16.4 Å². The number of guanidine groups is 1. The first kappa shape index (κ1) is 26.1. The average Bonchev–Trinajstić information content (AvgIpc) is 2.99. The van der Waals surface area contributed by atoms with Crippen molar-refractivity contribution in [1.29, 1.82) is 0 Å². The molecule has 0 spiro atoms. The van der Waals surface area contributed by atoms with E-state index in [0.717, 1.165) is 21.7 Å². The minimum absolute atomic E-state index is 0. The van der Waals surface area contributed by atoms with Gasteiger partial charge in [-0.2, -0.15) is 0 Å². The molecule has 11 heteroatoms. The lowest BCUT2D eigenvalue weighted by Crippen LogP contribution is -2.39. The van der Waals surface area contributed by atoms with Crippen LogP contribution in [0.2, 0.25) is 5.15 Å². The van der Waals surface area contributed by atoms with Crippen molar-refractivity contribution in [1.82, 2.24) is 20.3 Å². The van der Waals surface area contributed by atoms with Crippen LogP contribution in [0.15, 0.2) is 34.3 Å². The molecule has 0 fully saturated rings. The number of aromatic nitrogens is 1. The maximum Gasteiger partial charge on any atom is 0.241 e. The number of hydrogen-bond acceptors (Lipinski definition) is 5. The summed E-state index contributed by atoms with van der Waals surface area (Å²) in [5.74, 6) is 0.645. The van der Waals surface area contributed by atoms with E-state index in [-0.39, 0.29) is 30.5 Å². The van der Waals surface area contributed by atoms with Crippen molar-refractivity contribution in [3.8, 4) is 0 Å². The molecule has 0 aliphatic rings. The Morgan fingerprint density at radius 3 is 2.59 bits per heavy atom. The van der Waals surface area contributed by atoms with Crippen molar-refractivity contribution in [2.24, 2.45) is 4.99 Å². The highest BCUT2D eigenvalue weighted by molar-refractivity contribution is 14.0. The fraction of sp³-hybridized carbons (Fsp3) is 0.444. The number of aliphatic imine (C=N–C) groups is 1. The summed E-state index contributed by atoms with van der Waals surface area (Å²) in [4.78, 5) is 10.6. The molecular weight excluding hydrogens is 545 g/mol. The molecule has 7 nitrogen and oxygen atoms in total. The maximum atomic E-state index is 12.4. The third kappa shape index (κ3) is 8.75. The quantitative estimate of drug-likeness (QED) is 0.141. The van der Waals surface area contributed by atoms with Gasteiger partial charge in [-0.1, -0.05) is 17.7 Å². The predicted octanol–water partition coefficient (Wildman–Crippen LogP) is 3.11. The Hall–Kier alpha value is -0.950. The number of nitrogens with zero attached hydrogens (tertiary/aromatic N) is 2. The van der Waals surface area contributed by atoms with Gasteiger partial charge in [0.15, 0.2) is 5.96 Å². The number of sulfonamides is 1. The Morgan fingerprint density at radius 1 is 1.24 bits per heavy atom. The number of rotatable bonds is 9. The Kier molecular flexibility index (Phi) is 11.4. The van der Waals surface area contributed by atoms with E-state index in [9.17, 15) is 8.42 Å². The molecule has 0 atom stereocenters. The Balaban J connectivity index is 0.00000420. The van der Waals surface area contributed by atoms with Crippen molar-refractivity contribution in [2.75, 3.05) is 26.2 Å². The monoisotopic (exact) mass is 571 g/mol. The fourth-order valence-corrected chi connectivity index (χ4v) is 5.21. The number of nitrogens with one attached hydrogen (secondary N) is 3. The standard InChI is InChI=1S/C18H26ClN5O2S2.HI/c1-4-20-18(21-8-7-15-5-6-17(19)23-12-15)22-9-10-24-28(25,26)16-11-13(2)27-14(16)3;/h5-6,11-12,24H,4,7-10H2,1-3H3,(H2,20,21,22);1H. The maximum absolute atomic E-state index is 12.4. The molecule has 0 unspecified atom stereocenters. The zero-order valence-electron chi connectivity index (χ0n) is 16.7. The van der Waals surface area contributed by atoms with Gasteiger partial charge in [0, 0.05) is 35.6 Å². The SMILES string of the molecule is CCNC(=NCCNS(=O)(=O)c1cc(C)sc1C)NCCc1ccc(Cl)nc1.I. The van der Waals surface area contributed by atoms with E-state index in [0.29, 0.717) is 35.6 Å². The molecule has 2 rings (SSSR count). The van der Waals surface area contributed by atoms with E-state index < -0.39 is 10.0 Å². The predicted molar refractivity (Wildman–Crippen MR) is 131 cm³/mol. The third-order valence-electron chi connectivity index (χ3n) is 3.80. The molecule has 2 aromatic rings. The molecule has 162 valence electrons. The van der Waals surface area contributed by atoms with Crippen molar-refractivity contribution < 1.29 is 8.42 Å². The van der Waals surface area contributed by atoms with Crippen LogP contribution >= 0.6 is 46.9 Å². The zero-order valence-corrected chi connectivity index (χ0v) is 21.4. The Morgan fingerprint density at radius 2 is 2.00 bits per heavy atom. The van der Waals surface area contributed by atoms with Gasteiger partial charge in [-0.3, -0.25) is 4.99 Å². The van der Waals surface area contributed by atoms with Gasteiger partial charge in [0.25, 0.3) is 0 Å². The van der Waals surface area contributed by atoms with E-state index >= 15 is 0 Å². The van der Waals surface area contributed by atoms with Gasteiger partial charge in [0.2, 0.25) is 10.0 Å². The van der Waals surface area contributed by atoms with Gasteiger partial charge in [0.05, 0.1) is 11.4 Å². The highest BCUT2D eigenvalue weighted by atomic mass is 127. The summed E-state index contributed by atoms with van der Waals surface area (Å²) in [6.45, 7) is 7.64. The molecule has 0 saturated carbocycles. The summed E-state index contributed by atoms with van der Waals surface area (Å²) in [6.07, 6.45) is 2.52. The average molecular weight is 572 g/mol. The highest BCUT2D eigenvalue weighted by Crippen LogP contribution is 2.24. The minimum atomic E-state index is -3.50. The lowest BCUT2D eigenvalue weighted by atomic mass is 10.2. The molecule has 2 aromatic heterocycles. The molecule has 29 heavy (non-hydrogen) atoms. The second-order valence-corrected chi connectivity index (χ2v) is 9.68. The summed E-state index contributed by atoms with van der Waals surface area (Å²) >= 11 is 7.26. The molecular formula is C18H27ClIN5O2S2. The van der Waals surface area contributed by atoms with Crippen LogP contribution in [0.1, 0.15) is 22.2 Å². The second kappa shape index (κ2) is 12.7. The summed E-state index contributed by atoms with van der Waals surface area (Å²) < 4.78 is 27.4. The minimum Gasteiger partial charge on any atom is -0.357 e. The molecule has 0 bridgehead atoms. The summed E-state index contributed by atoms with van der Waals surface area (Å²) in [5.41, 5.74) is 1.07. The van der Waals surface area contributed by atoms with Gasteiger partial charge in [-0.15, -0.1) is 35.3 Å². The highest BCUT2D eigenvalue weighted by Gasteiger charge is 2.18. The normalized spacial score (nSPS) is 11.8. The first-order chi connectivity index (χ1) is 13.3. The number of hydrogen-bond donors (Lipinski definition) is 3. The van der Waals surface area contributed by atoms with Gasteiger partial charge in [0.1, 0.15) is 5.15 Å². The van der Waals surface area contributed by atoms with Crippen molar-refractivity contribution in [2.45, 2.75) is 32.1 Å².